The van der Waals surface area contributed by atoms with E-state index < -0.39 is 6.41 Å². The Balaban J connectivity index is 4.03. The number of hydrogen-bond acceptors (Lipinski definition) is 4. The van der Waals surface area contributed by atoms with E-state index in [1.54, 1.807) is 0 Å². The van der Waals surface area contributed by atoms with E-state index in [2.05, 4.69) is 25.7 Å². The second-order valence-corrected chi connectivity index (χ2v) is 6.33. The van der Waals surface area contributed by atoms with Gasteiger partial charge in [-0.25, -0.2) is 0 Å². The maximum Gasteiger partial charge on any atom is 0.214 e. The molecule has 0 aliphatic rings. The zero-order chi connectivity index (χ0) is 13.7. The van der Waals surface area contributed by atoms with E-state index in [4.69, 9.17) is 10.5 Å². The number of aliphatic hydroxyl groups is 1. The summed E-state index contributed by atoms with van der Waals surface area (Å²) in [5.74, 6) is 0. The first kappa shape index (κ1) is 16.6. The molecule has 2 unspecified atom stereocenters. The average molecular weight is 244 g/mol. The summed E-state index contributed by atoms with van der Waals surface area (Å²) in [5.41, 5.74) is 5.73. The SMILES string of the molecule is C=CCC(C)(C)COC(O)NC(N)C(C)(C)C. The summed E-state index contributed by atoms with van der Waals surface area (Å²) in [6.07, 6.45) is 1.34. The van der Waals surface area contributed by atoms with Crippen LogP contribution >= 0.6 is 0 Å². The van der Waals surface area contributed by atoms with Gasteiger partial charge in [0.2, 0.25) is 6.41 Å². The molecule has 0 aromatic rings. The Labute approximate surface area is 105 Å². The normalized spacial score (nSPS) is 16.6. The van der Waals surface area contributed by atoms with Gasteiger partial charge < -0.3 is 15.6 Å². The van der Waals surface area contributed by atoms with Crippen molar-refractivity contribution in [3.63, 3.8) is 0 Å². The molecule has 0 saturated heterocycles. The van der Waals surface area contributed by atoms with Crippen LogP contribution in [0.2, 0.25) is 0 Å². The first-order valence-corrected chi connectivity index (χ1v) is 6.01. The number of nitrogens with one attached hydrogen (secondary N) is 1. The van der Waals surface area contributed by atoms with Gasteiger partial charge in [0.25, 0.3) is 0 Å². The van der Waals surface area contributed by atoms with Crippen LogP contribution in [0.15, 0.2) is 12.7 Å². The molecule has 0 heterocycles. The minimum Gasteiger partial charge on any atom is -0.356 e. The van der Waals surface area contributed by atoms with Crippen molar-refractivity contribution in [2.24, 2.45) is 16.6 Å². The van der Waals surface area contributed by atoms with Crippen LogP contribution in [-0.2, 0) is 4.74 Å². The van der Waals surface area contributed by atoms with Crippen molar-refractivity contribution < 1.29 is 9.84 Å². The molecule has 4 heteroatoms. The van der Waals surface area contributed by atoms with Crippen LogP contribution < -0.4 is 11.1 Å². The van der Waals surface area contributed by atoms with Crippen molar-refractivity contribution in [1.82, 2.24) is 5.32 Å². The van der Waals surface area contributed by atoms with Gasteiger partial charge in [0, 0.05) is 0 Å². The number of allylic oxidation sites excluding steroid dienone is 1. The summed E-state index contributed by atoms with van der Waals surface area (Å²) in [7, 11) is 0. The quantitative estimate of drug-likeness (QED) is 0.472. The molecule has 0 aliphatic carbocycles. The second-order valence-electron chi connectivity index (χ2n) is 6.33. The minimum absolute atomic E-state index is 0.0315. The van der Waals surface area contributed by atoms with Crippen molar-refractivity contribution >= 4 is 0 Å². The maximum atomic E-state index is 9.68. The number of rotatable bonds is 7. The van der Waals surface area contributed by atoms with Crippen molar-refractivity contribution in [2.45, 2.75) is 53.6 Å². The maximum absolute atomic E-state index is 9.68. The van der Waals surface area contributed by atoms with E-state index in [1.165, 1.54) is 0 Å². The Kier molecular flexibility index (Phi) is 6.34. The predicted molar refractivity (Wildman–Crippen MR) is 71.1 cm³/mol. The van der Waals surface area contributed by atoms with Crippen LogP contribution in [0, 0.1) is 10.8 Å². The number of hydrogen-bond donors (Lipinski definition) is 3. The van der Waals surface area contributed by atoms with Crippen LogP contribution in [0.3, 0.4) is 0 Å². The highest BCUT2D eigenvalue weighted by Gasteiger charge is 2.24. The Bertz CT molecular complexity index is 234. The molecule has 0 radical (unpaired) electrons. The summed E-state index contributed by atoms with van der Waals surface area (Å²) in [6.45, 7) is 14.3. The molecule has 0 fully saturated rings. The zero-order valence-corrected chi connectivity index (χ0v) is 11.8. The molecular formula is C13H28N2O2. The van der Waals surface area contributed by atoms with Crippen LogP contribution in [-0.4, -0.2) is 24.3 Å². The molecule has 0 aliphatic heterocycles. The summed E-state index contributed by atoms with van der Waals surface area (Å²) >= 11 is 0. The van der Waals surface area contributed by atoms with Gasteiger partial charge in [0.05, 0.1) is 12.8 Å². The highest BCUT2D eigenvalue weighted by atomic mass is 16.6. The molecular weight excluding hydrogens is 216 g/mol. The lowest BCUT2D eigenvalue weighted by atomic mass is 9.91. The van der Waals surface area contributed by atoms with E-state index in [1.807, 2.05) is 26.8 Å². The predicted octanol–water partition coefficient (Wildman–Crippen LogP) is 1.80. The molecule has 0 aromatic heterocycles. The summed E-state index contributed by atoms with van der Waals surface area (Å²) in [5, 5.41) is 12.5. The van der Waals surface area contributed by atoms with Crippen LogP contribution in [0.4, 0.5) is 0 Å². The third-order valence-electron chi connectivity index (χ3n) is 2.58. The van der Waals surface area contributed by atoms with Gasteiger partial charge in [-0.3, -0.25) is 5.32 Å². The first-order chi connectivity index (χ1) is 7.58. The molecule has 17 heavy (non-hydrogen) atoms. The summed E-state index contributed by atoms with van der Waals surface area (Å²) < 4.78 is 5.34. The van der Waals surface area contributed by atoms with Crippen LogP contribution in [0.5, 0.6) is 0 Å². The smallest absolute Gasteiger partial charge is 0.214 e. The third kappa shape index (κ3) is 7.49. The molecule has 0 saturated carbocycles. The molecule has 0 amide bonds. The molecule has 102 valence electrons. The molecule has 0 aromatic carbocycles. The topological polar surface area (TPSA) is 67.5 Å². The van der Waals surface area contributed by atoms with Gasteiger partial charge in [0.1, 0.15) is 0 Å². The van der Waals surface area contributed by atoms with Crippen molar-refractivity contribution in [2.75, 3.05) is 6.61 Å². The Morgan fingerprint density at radius 2 is 1.88 bits per heavy atom. The van der Waals surface area contributed by atoms with Gasteiger partial charge in [-0.1, -0.05) is 40.7 Å². The first-order valence-electron chi connectivity index (χ1n) is 6.01. The summed E-state index contributed by atoms with van der Waals surface area (Å²) in [4.78, 5) is 0. The number of ether oxygens (including phenoxy) is 1. The van der Waals surface area contributed by atoms with Crippen LogP contribution in [0.25, 0.3) is 0 Å². The monoisotopic (exact) mass is 244 g/mol. The van der Waals surface area contributed by atoms with Gasteiger partial charge in [-0.05, 0) is 17.3 Å². The highest BCUT2D eigenvalue weighted by Crippen LogP contribution is 2.21. The van der Waals surface area contributed by atoms with Gasteiger partial charge in [-0.2, -0.15) is 0 Å². The molecule has 0 rings (SSSR count). The Hall–Kier alpha value is -0.420. The fraction of sp³-hybridized carbons (Fsp3) is 0.846. The largest absolute Gasteiger partial charge is 0.356 e. The highest BCUT2D eigenvalue weighted by molar-refractivity contribution is 4.79. The fourth-order valence-electron chi connectivity index (χ4n) is 1.21. The van der Waals surface area contributed by atoms with Gasteiger partial charge in [-0.15, -0.1) is 6.58 Å². The van der Waals surface area contributed by atoms with Crippen molar-refractivity contribution in [3.05, 3.63) is 12.7 Å². The molecule has 4 nitrogen and oxygen atoms in total. The van der Waals surface area contributed by atoms with Gasteiger partial charge >= 0.3 is 0 Å². The molecule has 0 bridgehead atoms. The van der Waals surface area contributed by atoms with E-state index in [9.17, 15) is 5.11 Å². The van der Waals surface area contributed by atoms with E-state index >= 15 is 0 Å². The van der Waals surface area contributed by atoms with E-state index in [-0.39, 0.29) is 17.0 Å². The zero-order valence-electron chi connectivity index (χ0n) is 11.8. The van der Waals surface area contributed by atoms with E-state index in [0.29, 0.717) is 6.61 Å². The van der Waals surface area contributed by atoms with Crippen LogP contribution in [0.1, 0.15) is 41.0 Å². The fourth-order valence-corrected chi connectivity index (χ4v) is 1.21. The van der Waals surface area contributed by atoms with E-state index in [0.717, 1.165) is 6.42 Å². The van der Waals surface area contributed by atoms with Gasteiger partial charge in [0.15, 0.2) is 0 Å². The average Bonchev–Trinajstić information content (AvgIpc) is 2.13. The number of aliphatic hydroxyl groups excluding tert-OH is 1. The Morgan fingerprint density at radius 1 is 1.35 bits per heavy atom. The third-order valence-corrected chi connectivity index (χ3v) is 2.58. The lowest BCUT2D eigenvalue weighted by molar-refractivity contribution is -0.148. The minimum atomic E-state index is -1.03. The second kappa shape index (κ2) is 6.50. The standard InChI is InChI=1S/C13H28N2O2/c1-7-8-13(5,6)9-17-11(16)15-10(14)12(2,3)4/h7,10-11,15-16H,1,8-9,14H2,2-6H3. The lowest BCUT2D eigenvalue weighted by Gasteiger charge is -2.31. The molecule has 4 N–H and O–H groups in total. The molecule has 2 atom stereocenters. The molecule has 0 spiro atoms. The Morgan fingerprint density at radius 3 is 2.29 bits per heavy atom. The van der Waals surface area contributed by atoms with Crippen molar-refractivity contribution in [1.29, 1.82) is 0 Å². The lowest BCUT2D eigenvalue weighted by Crippen LogP contribution is -2.52. The summed E-state index contributed by atoms with van der Waals surface area (Å²) in [6, 6.07) is 0. The number of nitrogens with two attached hydrogens (primary N) is 1. The van der Waals surface area contributed by atoms with Crippen molar-refractivity contribution in [3.8, 4) is 0 Å².